The van der Waals surface area contributed by atoms with Crippen molar-refractivity contribution in [2.24, 2.45) is 0 Å². The predicted molar refractivity (Wildman–Crippen MR) is 72.2 cm³/mol. The molecule has 0 fully saturated rings. The highest BCUT2D eigenvalue weighted by Gasteiger charge is 2.08. The number of allylic oxidation sites excluding steroid dienone is 2. The normalized spacial score (nSPS) is 10.4. The van der Waals surface area contributed by atoms with Crippen LogP contribution in [0.4, 0.5) is 0 Å². The monoisotopic (exact) mass is 244 g/mol. The number of hydrogen-bond acceptors (Lipinski definition) is 3. The molecule has 2 aromatic rings. The molecule has 3 heteroatoms. The van der Waals surface area contributed by atoms with Crippen LogP contribution in [0.1, 0.15) is 19.4 Å². The lowest BCUT2D eigenvalue weighted by atomic mass is 10.1. The van der Waals surface area contributed by atoms with Crippen molar-refractivity contribution in [2.45, 2.75) is 20.3 Å². The number of ether oxygens (including phenoxy) is 1. The van der Waals surface area contributed by atoms with Gasteiger partial charge < -0.3 is 9.15 Å². The highest BCUT2D eigenvalue weighted by molar-refractivity contribution is 5.80. The topological polar surface area (TPSA) is 39.4 Å². The molecule has 0 bridgehead atoms. The van der Waals surface area contributed by atoms with E-state index in [2.05, 4.69) is 6.08 Å². The molecule has 94 valence electrons. The Morgan fingerprint density at radius 3 is 2.83 bits per heavy atom. The zero-order valence-corrected chi connectivity index (χ0v) is 10.8. The van der Waals surface area contributed by atoms with E-state index in [4.69, 9.17) is 9.15 Å². The Morgan fingerprint density at radius 1 is 1.39 bits per heavy atom. The molecule has 3 nitrogen and oxygen atoms in total. The van der Waals surface area contributed by atoms with E-state index < -0.39 is 0 Å². The molecule has 0 aliphatic rings. The van der Waals surface area contributed by atoms with Crippen LogP contribution >= 0.6 is 0 Å². The molecule has 0 aliphatic heterocycles. The number of hydrogen-bond donors (Lipinski definition) is 0. The van der Waals surface area contributed by atoms with Gasteiger partial charge in [-0.2, -0.15) is 0 Å². The third-order valence-electron chi connectivity index (χ3n) is 2.75. The van der Waals surface area contributed by atoms with Crippen molar-refractivity contribution in [1.29, 1.82) is 0 Å². The number of benzene rings is 1. The highest BCUT2D eigenvalue weighted by Crippen LogP contribution is 2.21. The molecule has 1 aromatic heterocycles. The van der Waals surface area contributed by atoms with E-state index in [1.807, 2.05) is 26.0 Å². The Morgan fingerprint density at radius 2 is 2.17 bits per heavy atom. The molecule has 2 rings (SSSR count). The van der Waals surface area contributed by atoms with Gasteiger partial charge in [0.1, 0.15) is 5.58 Å². The lowest BCUT2D eigenvalue weighted by Gasteiger charge is -2.05. The van der Waals surface area contributed by atoms with Crippen LogP contribution in [0.25, 0.3) is 11.0 Å². The van der Waals surface area contributed by atoms with Gasteiger partial charge >= 0.3 is 0 Å². The molecule has 0 saturated carbocycles. The van der Waals surface area contributed by atoms with Gasteiger partial charge in [-0.25, -0.2) is 0 Å². The first-order chi connectivity index (χ1) is 8.61. The van der Waals surface area contributed by atoms with Gasteiger partial charge in [0, 0.05) is 0 Å². The van der Waals surface area contributed by atoms with Crippen molar-refractivity contribution >= 4 is 11.0 Å². The van der Waals surface area contributed by atoms with Gasteiger partial charge in [-0.1, -0.05) is 23.8 Å². The summed E-state index contributed by atoms with van der Waals surface area (Å²) in [5.74, 6) is 0.247. The molecule has 1 heterocycles. The maximum atomic E-state index is 11.9. The van der Waals surface area contributed by atoms with E-state index in [-0.39, 0.29) is 11.4 Å². The van der Waals surface area contributed by atoms with Crippen LogP contribution in [0.15, 0.2) is 45.1 Å². The lowest BCUT2D eigenvalue weighted by Crippen LogP contribution is -2.02. The number of para-hydroxylation sites is 1. The summed E-state index contributed by atoms with van der Waals surface area (Å²) in [4.78, 5) is 11.9. The third-order valence-corrected chi connectivity index (χ3v) is 2.75. The second-order valence-corrected chi connectivity index (χ2v) is 4.41. The molecular weight excluding hydrogens is 228 g/mol. The van der Waals surface area contributed by atoms with Crippen LogP contribution < -0.4 is 10.2 Å². The molecule has 0 amide bonds. The molecule has 0 unspecified atom stereocenters. The number of methoxy groups -OCH3 is 1. The minimum Gasteiger partial charge on any atom is -0.468 e. The first-order valence-electron chi connectivity index (χ1n) is 5.85. The average Bonchev–Trinajstić information content (AvgIpc) is 2.36. The number of rotatable bonds is 3. The smallest absolute Gasteiger partial charge is 0.288 e. The molecule has 0 radical (unpaired) electrons. The summed E-state index contributed by atoms with van der Waals surface area (Å²) in [5, 5.41) is 0.593. The summed E-state index contributed by atoms with van der Waals surface area (Å²) in [6, 6.07) is 6.98. The Labute approximate surface area is 106 Å². The fraction of sp³-hybridized carbons (Fsp3) is 0.267. The predicted octanol–water partition coefficient (Wildman–Crippen LogP) is 3.31. The molecule has 0 N–H and O–H groups in total. The quantitative estimate of drug-likeness (QED) is 0.777. The van der Waals surface area contributed by atoms with Crippen molar-refractivity contribution in [3.63, 3.8) is 0 Å². The Hall–Kier alpha value is -2.03. The van der Waals surface area contributed by atoms with Crippen molar-refractivity contribution < 1.29 is 9.15 Å². The van der Waals surface area contributed by atoms with Crippen LogP contribution in [0.2, 0.25) is 0 Å². The lowest BCUT2D eigenvalue weighted by molar-refractivity contribution is 0.309. The molecule has 0 saturated heterocycles. The van der Waals surface area contributed by atoms with Crippen molar-refractivity contribution in [3.8, 4) is 5.95 Å². The molecule has 0 atom stereocenters. The SMILES string of the molecule is COc1cc(=O)c2cccc(CC=C(C)C)c2o1. The van der Waals surface area contributed by atoms with Gasteiger partial charge in [-0.05, 0) is 31.9 Å². The third kappa shape index (κ3) is 2.45. The highest BCUT2D eigenvalue weighted by atomic mass is 16.6. The van der Waals surface area contributed by atoms with Gasteiger partial charge in [0.15, 0.2) is 5.43 Å². The van der Waals surface area contributed by atoms with Crippen LogP contribution in [-0.4, -0.2) is 7.11 Å². The summed E-state index contributed by atoms with van der Waals surface area (Å²) >= 11 is 0. The molecule has 0 aliphatic carbocycles. The van der Waals surface area contributed by atoms with Crippen molar-refractivity contribution in [2.75, 3.05) is 7.11 Å². The summed E-state index contributed by atoms with van der Waals surface area (Å²) in [6.07, 6.45) is 2.85. The molecule has 0 spiro atoms. The van der Waals surface area contributed by atoms with Crippen molar-refractivity contribution in [1.82, 2.24) is 0 Å². The maximum Gasteiger partial charge on any atom is 0.288 e. The van der Waals surface area contributed by atoms with Crippen LogP contribution in [0, 0.1) is 0 Å². The summed E-state index contributed by atoms with van der Waals surface area (Å²) in [7, 11) is 1.49. The molecule has 18 heavy (non-hydrogen) atoms. The van der Waals surface area contributed by atoms with Crippen LogP contribution in [0.5, 0.6) is 5.95 Å². The maximum absolute atomic E-state index is 11.9. The molecular formula is C15H16O3. The van der Waals surface area contributed by atoms with E-state index in [0.29, 0.717) is 11.0 Å². The summed E-state index contributed by atoms with van der Waals surface area (Å²) in [6.45, 7) is 4.09. The minimum absolute atomic E-state index is 0.0767. The Kier molecular flexibility index (Phi) is 3.51. The zero-order chi connectivity index (χ0) is 13.1. The molecule has 1 aromatic carbocycles. The van der Waals surface area contributed by atoms with E-state index >= 15 is 0 Å². The van der Waals surface area contributed by atoms with E-state index in [1.54, 1.807) is 6.07 Å². The first-order valence-corrected chi connectivity index (χ1v) is 5.85. The second-order valence-electron chi connectivity index (χ2n) is 4.41. The van der Waals surface area contributed by atoms with E-state index in [0.717, 1.165) is 12.0 Å². The first kappa shape index (κ1) is 12.4. The average molecular weight is 244 g/mol. The standard InChI is InChI=1S/C15H16O3/c1-10(2)7-8-11-5-4-6-12-13(16)9-14(17-3)18-15(11)12/h4-7,9H,8H2,1-3H3. The number of fused-ring (bicyclic) bond motifs is 1. The van der Waals surface area contributed by atoms with Crippen LogP contribution in [0.3, 0.4) is 0 Å². The minimum atomic E-state index is -0.0767. The van der Waals surface area contributed by atoms with E-state index in [1.165, 1.54) is 18.7 Å². The van der Waals surface area contributed by atoms with Crippen molar-refractivity contribution in [3.05, 3.63) is 51.7 Å². The van der Waals surface area contributed by atoms with Gasteiger partial charge in [0.05, 0.1) is 18.6 Å². The van der Waals surface area contributed by atoms with Gasteiger partial charge in [-0.15, -0.1) is 0 Å². The van der Waals surface area contributed by atoms with E-state index in [9.17, 15) is 4.79 Å². The Bertz CT molecular complexity index is 646. The zero-order valence-electron chi connectivity index (χ0n) is 10.8. The largest absolute Gasteiger partial charge is 0.468 e. The van der Waals surface area contributed by atoms with Gasteiger partial charge in [-0.3, -0.25) is 4.79 Å². The Balaban J connectivity index is 2.63. The van der Waals surface area contributed by atoms with Gasteiger partial charge in [0.2, 0.25) is 0 Å². The summed E-state index contributed by atoms with van der Waals surface area (Å²) in [5.41, 5.74) is 2.76. The van der Waals surface area contributed by atoms with Crippen LogP contribution in [-0.2, 0) is 6.42 Å². The second kappa shape index (κ2) is 5.08. The fourth-order valence-electron chi connectivity index (χ4n) is 1.79. The van der Waals surface area contributed by atoms with Gasteiger partial charge in [0.25, 0.3) is 5.95 Å². The summed E-state index contributed by atoms with van der Waals surface area (Å²) < 4.78 is 10.6. The fourth-order valence-corrected chi connectivity index (χ4v) is 1.79.